The van der Waals surface area contributed by atoms with Crippen LogP contribution < -0.4 is 0 Å². The molecule has 0 heterocycles. The van der Waals surface area contributed by atoms with Crippen LogP contribution in [0.4, 0.5) is 0 Å². The molecule has 7 nitrogen and oxygen atoms in total. The smallest absolute Gasteiger partial charge is 0.0387 e. The zero-order chi connectivity index (χ0) is 17.8. The first-order valence-corrected chi connectivity index (χ1v) is 8.47. The first kappa shape index (κ1) is 22.7. The maximum Gasteiger partial charge on any atom is 0.0387 e. The number of hydroxylamine groups is 4. The molecule has 0 unspecified atom stereocenters. The van der Waals surface area contributed by atoms with E-state index in [0.29, 0.717) is 0 Å². The van der Waals surface area contributed by atoms with Crippen LogP contribution in [0, 0.1) is 0 Å². The van der Waals surface area contributed by atoms with Gasteiger partial charge in [0.05, 0.1) is 0 Å². The van der Waals surface area contributed by atoms with Gasteiger partial charge in [-0.05, 0) is 56.4 Å². The summed E-state index contributed by atoms with van der Waals surface area (Å²) in [5, 5.41) is 4.18. The quantitative estimate of drug-likeness (QED) is 0.403. The fourth-order valence-electron chi connectivity index (χ4n) is 1.80. The van der Waals surface area contributed by atoms with Gasteiger partial charge in [0.2, 0.25) is 0 Å². The number of likely N-dealkylation sites (N-methyl/N-ethyl adjacent to an activating group) is 4. The van der Waals surface area contributed by atoms with Crippen molar-refractivity contribution in [2.75, 3.05) is 109 Å². The van der Waals surface area contributed by atoms with Crippen LogP contribution in [0.5, 0.6) is 0 Å². The second kappa shape index (κ2) is 13.1. The summed E-state index contributed by atoms with van der Waals surface area (Å²) in [6.45, 7) is 7.57. The van der Waals surface area contributed by atoms with Crippen LogP contribution in [0.25, 0.3) is 0 Å². The minimum atomic E-state index is 0.904. The van der Waals surface area contributed by atoms with E-state index in [9.17, 15) is 0 Å². The minimum Gasteiger partial charge on any atom is -0.308 e. The van der Waals surface area contributed by atoms with Crippen molar-refractivity contribution in [3.63, 3.8) is 0 Å². The Hall–Kier alpha value is -0.280. The Kier molecular flexibility index (Phi) is 12.9. The molecule has 0 aliphatic heterocycles. The molecule has 140 valence electrons. The van der Waals surface area contributed by atoms with Crippen molar-refractivity contribution in [2.45, 2.75) is 0 Å². The SMILES string of the molecule is CN(C)CCN(CCN(C)C)ON(CCN(C)C)CCN(C)C. The van der Waals surface area contributed by atoms with E-state index >= 15 is 0 Å². The summed E-state index contributed by atoms with van der Waals surface area (Å²) in [6.07, 6.45) is 0. The third kappa shape index (κ3) is 15.0. The van der Waals surface area contributed by atoms with Gasteiger partial charge >= 0.3 is 0 Å². The largest absolute Gasteiger partial charge is 0.308 e. The van der Waals surface area contributed by atoms with Gasteiger partial charge in [-0.25, -0.2) is 4.94 Å². The topological polar surface area (TPSA) is 28.7 Å². The van der Waals surface area contributed by atoms with Gasteiger partial charge < -0.3 is 19.6 Å². The second-order valence-corrected chi connectivity index (χ2v) is 7.15. The van der Waals surface area contributed by atoms with Gasteiger partial charge in [0.25, 0.3) is 0 Å². The molecule has 0 aliphatic carbocycles. The van der Waals surface area contributed by atoms with Gasteiger partial charge in [0, 0.05) is 52.4 Å². The Bertz CT molecular complexity index is 223. The minimum absolute atomic E-state index is 0.904. The van der Waals surface area contributed by atoms with Crippen LogP contribution in [0.3, 0.4) is 0 Å². The average molecular weight is 333 g/mol. The summed E-state index contributed by atoms with van der Waals surface area (Å²) in [6, 6.07) is 0. The molecule has 0 atom stereocenters. The fourth-order valence-corrected chi connectivity index (χ4v) is 1.80. The molecular weight excluding hydrogens is 292 g/mol. The lowest BCUT2D eigenvalue weighted by Crippen LogP contribution is -2.45. The molecule has 0 rings (SSSR count). The standard InChI is InChI=1S/C16H40N6O/c1-17(2)9-13-21(14-10-18(3)4)23-22(15-11-19(5)6)16-12-20(7)8/h9-16H2,1-8H3. The van der Waals surface area contributed by atoms with Crippen molar-refractivity contribution in [3.05, 3.63) is 0 Å². The van der Waals surface area contributed by atoms with Crippen LogP contribution in [-0.2, 0) is 4.94 Å². The molecule has 0 aromatic carbocycles. The highest BCUT2D eigenvalue weighted by atomic mass is 16.8. The Balaban J connectivity index is 4.56. The van der Waals surface area contributed by atoms with E-state index in [1.165, 1.54) is 0 Å². The lowest BCUT2D eigenvalue weighted by molar-refractivity contribution is -0.326. The van der Waals surface area contributed by atoms with Gasteiger partial charge in [0.15, 0.2) is 0 Å². The average Bonchev–Trinajstić information content (AvgIpc) is 2.43. The second-order valence-electron chi connectivity index (χ2n) is 7.15. The predicted molar refractivity (Wildman–Crippen MR) is 98.4 cm³/mol. The zero-order valence-electron chi connectivity index (χ0n) is 16.7. The van der Waals surface area contributed by atoms with Crippen molar-refractivity contribution in [1.29, 1.82) is 0 Å². The molecule has 0 saturated carbocycles. The Morgan fingerprint density at radius 2 is 0.609 bits per heavy atom. The maximum absolute atomic E-state index is 6.21. The number of hydrogen-bond donors (Lipinski definition) is 0. The van der Waals surface area contributed by atoms with Crippen molar-refractivity contribution in [2.24, 2.45) is 0 Å². The normalized spacial score (nSPS) is 12.8. The Morgan fingerprint density at radius 1 is 0.391 bits per heavy atom. The van der Waals surface area contributed by atoms with Crippen molar-refractivity contribution in [3.8, 4) is 0 Å². The molecule has 0 fully saturated rings. The van der Waals surface area contributed by atoms with Gasteiger partial charge in [-0.2, -0.15) is 10.1 Å². The summed E-state index contributed by atoms with van der Waals surface area (Å²) >= 11 is 0. The molecular formula is C16H40N6O. The van der Waals surface area contributed by atoms with E-state index in [2.05, 4.69) is 86.1 Å². The fraction of sp³-hybridized carbons (Fsp3) is 1.00. The number of nitrogens with zero attached hydrogens (tertiary/aromatic N) is 6. The molecule has 0 aromatic rings. The number of rotatable bonds is 14. The summed E-state index contributed by atoms with van der Waals surface area (Å²) in [7, 11) is 16.8. The predicted octanol–water partition coefficient (Wildman–Crippen LogP) is -0.317. The summed E-state index contributed by atoms with van der Waals surface area (Å²) in [5.41, 5.74) is 0. The van der Waals surface area contributed by atoms with Crippen molar-refractivity contribution >= 4 is 0 Å². The van der Waals surface area contributed by atoms with Crippen molar-refractivity contribution < 1.29 is 4.94 Å². The maximum atomic E-state index is 6.21. The van der Waals surface area contributed by atoms with E-state index in [1.807, 2.05) is 0 Å². The molecule has 0 spiro atoms. The zero-order valence-corrected chi connectivity index (χ0v) is 16.7. The molecule has 0 amide bonds. The van der Waals surface area contributed by atoms with Crippen LogP contribution in [0.15, 0.2) is 0 Å². The van der Waals surface area contributed by atoms with Crippen LogP contribution >= 0.6 is 0 Å². The monoisotopic (exact) mass is 332 g/mol. The molecule has 0 N–H and O–H groups in total. The van der Waals surface area contributed by atoms with Gasteiger partial charge in [-0.15, -0.1) is 0 Å². The van der Waals surface area contributed by atoms with Gasteiger partial charge in [0.1, 0.15) is 0 Å². The molecule has 0 saturated heterocycles. The molecule has 23 heavy (non-hydrogen) atoms. The Morgan fingerprint density at radius 3 is 0.783 bits per heavy atom. The van der Waals surface area contributed by atoms with Crippen molar-refractivity contribution in [1.82, 2.24) is 29.7 Å². The van der Waals surface area contributed by atoms with Crippen LogP contribution in [-0.4, -0.2) is 138 Å². The van der Waals surface area contributed by atoms with Crippen LogP contribution in [0.1, 0.15) is 0 Å². The lowest BCUT2D eigenvalue weighted by atomic mass is 10.5. The van der Waals surface area contributed by atoms with Gasteiger partial charge in [-0.3, -0.25) is 0 Å². The highest BCUT2D eigenvalue weighted by molar-refractivity contribution is 4.56. The molecule has 0 aliphatic rings. The molecule has 0 aromatic heterocycles. The first-order valence-electron chi connectivity index (χ1n) is 8.47. The highest BCUT2D eigenvalue weighted by Gasteiger charge is 2.14. The van der Waals surface area contributed by atoms with E-state index in [4.69, 9.17) is 4.94 Å². The van der Waals surface area contributed by atoms with Gasteiger partial charge in [-0.1, -0.05) is 0 Å². The van der Waals surface area contributed by atoms with Crippen LogP contribution in [0.2, 0.25) is 0 Å². The summed E-state index contributed by atoms with van der Waals surface area (Å²) < 4.78 is 0. The molecule has 7 heteroatoms. The number of hydrogen-bond acceptors (Lipinski definition) is 7. The van der Waals surface area contributed by atoms with E-state index < -0.39 is 0 Å². The van der Waals surface area contributed by atoms with E-state index in [-0.39, 0.29) is 0 Å². The van der Waals surface area contributed by atoms with E-state index in [1.54, 1.807) is 0 Å². The third-order valence-electron chi connectivity index (χ3n) is 3.42. The highest BCUT2D eigenvalue weighted by Crippen LogP contribution is 2.00. The molecule has 0 bridgehead atoms. The summed E-state index contributed by atoms with van der Waals surface area (Å²) in [5.74, 6) is 0. The Labute approximate surface area is 144 Å². The lowest BCUT2D eigenvalue weighted by Gasteiger charge is -2.31. The molecule has 0 radical (unpaired) electrons. The first-order chi connectivity index (χ1) is 10.7. The van der Waals surface area contributed by atoms with E-state index in [0.717, 1.165) is 52.4 Å². The third-order valence-corrected chi connectivity index (χ3v) is 3.42. The summed E-state index contributed by atoms with van der Waals surface area (Å²) in [4.78, 5) is 15.0.